The van der Waals surface area contributed by atoms with Crippen molar-refractivity contribution in [1.82, 2.24) is 0 Å². The van der Waals surface area contributed by atoms with E-state index in [-0.39, 0.29) is 11.7 Å². The lowest BCUT2D eigenvalue weighted by molar-refractivity contribution is -0.137. The average molecular weight is 386 g/mol. The lowest BCUT2D eigenvalue weighted by Crippen LogP contribution is -2.22. The van der Waals surface area contributed by atoms with Crippen LogP contribution in [0, 0.1) is 11.7 Å². The molecule has 0 saturated heterocycles. The first-order chi connectivity index (χ1) is 13.4. The first-order valence-electron chi connectivity index (χ1n) is 9.77. The highest BCUT2D eigenvalue weighted by atomic mass is 19.4. The van der Waals surface area contributed by atoms with Gasteiger partial charge in [0, 0.05) is 11.3 Å². The van der Waals surface area contributed by atoms with Gasteiger partial charge in [-0.2, -0.15) is 13.2 Å². The summed E-state index contributed by atoms with van der Waals surface area (Å²) in [5, 5.41) is 1.53. The Morgan fingerprint density at radius 1 is 0.929 bits per heavy atom. The second kappa shape index (κ2) is 7.23. The van der Waals surface area contributed by atoms with Gasteiger partial charge < -0.3 is 0 Å². The van der Waals surface area contributed by atoms with Crippen LogP contribution < -0.4 is 0 Å². The second-order valence-electron chi connectivity index (χ2n) is 7.65. The molecule has 146 valence electrons. The molecule has 1 aliphatic carbocycles. The summed E-state index contributed by atoms with van der Waals surface area (Å²) in [6, 6.07) is 14.5. The van der Waals surface area contributed by atoms with Crippen LogP contribution in [0.5, 0.6) is 0 Å². The van der Waals surface area contributed by atoms with Gasteiger partial charge in [0.15, 0.2) is 0 Å². The summed E-state index contributed by atoms with van der Waals surface area (Å²) in [5.41, 5.74) is 2.54. The molecule has 0 bridgehead atoms. The molecule has 0 radical (unpaired) electrons. The lowest BCUT2D eigenvalue weighted by atomic mass is 9.69. The largest absolute Gasteiger partial charge is 0.416 e. The van der Waals surface area contributed by atoms with E-state index in [1.54, 1.807) is 18.2 Å². The van der Waals surface area contributed by atoms with Crippen LogP contribution >= 0.6 is 0 Å². The molecule has 0 amide bonds. The summed E-state index contributed by atoms with van der Waals surface area (Å²) in [4.78, 5) is 0. The SMILES string of the molecule is CCC[C@@H]1CCc2c(ccc3c(F)cccc23)[C@H]1c1ccc(C(F)(F)F)cc1. The zero-order chi connectivity index (χ0) is 19.9. The van der Waals surface area contributed by atoms with E-state index in [2.05, 4.69) is 6.92 Å². The second-order valence-corrected chi connectivity index (χ2v) is 7.65. The molecule has 0 fully saturated rings. The van der Waals surface area contributed by atoms with E-state index < -0.39 is 11.7 Å². The highest BCUT2D eigenvalue weighted by Crippen LogP contribution is 2.45. The van der Waals surface area contributed by atoms with Gasteiger partial charge in [-0.1, -0.05) is 49.7 Å². The van der Waals surface area contributed by atoms with Crippen LogP contribution in [-0.4, -0.2) is 0 Å². The fraction of sp³-hybridized carbons (Fsp3) is 0.333. The molecule has 4 heteroatoms. The maximum Gasteiger partial charge on any atom is 0.416 e. The van der Waals surface area contributed by atoms with E-state index in [9.17, 15) is 17.6 Å². The molecule has 0 saturated carbocycles. The summed E-state index contributed by atoms with van der Waals surface area (Å²) in [5.74, 6) is 0.181. The van der Waals surface area contributed by atoms with Crippen molar-refractivity contribution in [2.75, 3.05) is 0 Å². The lowest BCUT2D eigenvalue weighted by Gasteiger charge is -2.35. The predicted octanol–water partition coefficient (Wildman–Crippen LogP) is 7.49. The third-order valence-corrected chi connectivity index (χ3v) is 5.98. The molecule has 2 atom stereocenters. The third kappa shape index (κ3) is 3.30. The van der Waals surface area contributed by atoms with Gasteiger partial charge in [0.1, 0.15) is 5.82 Å². The van der Waals surface area contributed by atoms with Gasteiger partial charge in [-0.25, -0.2) is 4.39 Å². The summed E-state index contributed by atoms with van der Waals surface area (Å²) in [7, 11) is 0. The number of alkyl halides is 3. The van der Waals surface area contributed by atoms with E-state index in [1.165, 1.54) is 18.2 Å². The van der Waals surface area contributed by atoms with Crippen LogP contribution in [0.4, 0.5) is 17.6 Å². The van der Waals surface area contributed by atoms with E-state index in [0.717, 1.165) is 47.8 Å². The molecule has 0 spiro atoms. The monoisotopic (exact) mass is 386 g/mol. The summed E-state index contributed by atoms with van der Waals surface area (Å²) < 4.78 is 53.1. The van der Waals surface area contributed by atoms with Crippen LogP contribution in [0.15, 0.2) is 54.6 Å². The van der Waals surface area contributed by atoms with Crippen molar-refractivity contribution in [3.63, 3.8) is 0 Å². The van der Waals surface area contributed by atoms with Gasteiger partial charge in [0.25, 0.3) is 0 Å². The Kier molecular flexibility index (Phi) is 4.90. The van der Waals surface area contributed by atoms with Crippen LogP contribution in [0.1, 0.15) is 54.4 Å². The normalized spacial score (nSPS) is 19.6. The Balaban J connectivity index is 1.84. The van der Waals surface area contributed by atoms with E-state index in [4.69, 9.17) is 0 Å². The molecule has 3 aromatic carbocycles. The number of hydrogen-bond donors (Lipinski definition) is 0. The van der Waals surface area contributed by atoms with Crippen molar-refractivity contribution in [2.24, 2.45) is 5.92 Å². The van der Waals surface area contributed by atoms with Gasteiger partial charge >= 0.3 is 6.18 Å². The maximum absolute atomic E-state index is 14.2. The Bertz CT molecular complexity index is 986. The maximum atomic E-state index is 14.2. The van der Waals surface area contributed by atoms with Crippen molar-refractivity contribution in [3.05, 3.63) is 82.7 Å². The minimum Gasteiger partial charge on any atom is -0.206 e. The number of aryl methyl sites for hydroxylation is 1. The van der Waals surface area contributed by atoms with Crippen molar-refractivity contribution in [1.29, 1.82) is 0 Å². The van der Waals surface area contributed by atoms with Crippen molar-refractivity contribution in [3.8, 4) is 0 Å². The average Bonchev–Trinajstić information content (AvgIpc) is 2.67. The highest BCUT2D eigenvalue weighted by Gasteiger charge is 2.33. The zero-order valence-electron chi connectivity index (χ0n) is 15.7. The number of rotatable bonds is 3. The Morgan fingerprint density at radius 2 is 1.68 bits per heavy atom. The number of halogens is 4. The molecule has 4 rings (SSSR count). The van der Waals surface area contributed by atoms with Crippen LogP contribution in [0.3, 0.4) is 0 Å². The van der Waals surface area contributed by atoms with Crippen LogP contribution in [0.2, 0.25) is 0 Å². The molecule has 28 heavy (non-hydrogen) atoms. The summed E-state index contributed by atoms with van der Waals surface area (Å²) in [6.07, 6.45) is -0.453. The van der Waals surface area contributed by atoms with Gasteiger partial charge in [-0.3, -0.25) is 0 Å². The minimum absolute atomic E-state index is 0.0404. The third-order valence-electron chi connectivity index (χ3n) is 5.98. The van der Waals surface area contributed by atoms with Gasteiger partial charge in [0.2, 0.25) is 0 Å². The first kappa shape index (κ1) is 19.0. The predicted molar refractivity (Wildman–Crippen MR) is 104 cm³/mol. The number of fused-ring (bicyclic) bond motifs is 3. The standard InChI is InChI=1S/C24H22F4/c1-2-4-15-9-12-19-18-5-3-6-22(25)20(18)13-14-21(19)23(15)16-7-10-17(11-8-16)24(26,27)28/h3,5-8,10-11,13-15,23H,2,4,9,12H2,1H3/t15-,23-/m1/s1. The Labute approximate surface area is 162 Å². The van der Waals surface area contributed by atoms with Crippen LogP contribution in [-0.2, 0) is 12.6 Å². The number of benzene rings is 3. The molecular weight excluding hydrogens is 364 g/mol. The molecule has 0 aliphatic heterocycles. The summed E-state index contributed by atoms with van der Waals surface area (Å²) >= 11 is 0. The Morgan fingerprint density at radius 3 is 2.36 bits per heavy atom. The quantitative estimate of drug-likeness (QED) is 0.409. The highest BCUT2D eigenvalue weighted by molar-refractivity contribution is 5.88. The fourth-order valence-corrected chi connectivity index (χ4v) is 4.73. The molecule has 1 aliphatic rings. The van der Waals surface area contributed by atoms with Gasteiger partial charge in [-0.15, -0.1) is 0 Å². The molecule has 0 N–H and O–H groups in total. The van der Waals surface area contributed by atoms with Crippen molar-refractivity contribution in [2.45, 2.75) is 44.7 Å². The first-order valence-corrected chi connectivity index (χ1v) is 9.77. The van der Waals surface area contributed by atoms with Crippen molar-refractivity contribution < 1.29 is 17.6 Å². The minimum atomic E-state index is -4.33. The molecule has 0 aromatic heterocycles. The smallest absolute Gasteiger partial charge is 0.206 e. The molecule has 0 nitrogen and oxygen atoms in total. The summed E-state index contributed by atoms with van der Waals surface area (Å²) in [6.45, 7) is 2.13. The molecule has 0 heterocycles. The Hall–Kier alpha value is -2.36. The van der Waals surface area contributed by atoms with E-state index in [0.29, 0.717) is 11.3 Å². The zero-order valence-corrected chi connectivity index (χ0v) is 15.7. The van der Waals surface area contributed by atoms with Gasteiger partial charge in [-0.05, 0) is 65.5 Å². The molecular formula is C24H22F4. The number of hydrogen-bond acceptors (Lipinski definition) is 0. The molecule has 3 aromatic rings. The topological polar surface area (TPSA) is 0 Å². The molecule has 0 unspecified atom stereocenters. The van der Waals surface area contributed by atoms with Gasteiger partial charge in [0.05, 0.1) is 5.56 Å². The van der Waals surface area contributed by atoms with Crippen molar-refractivity contribution >= 4 is 10.8 Å². The fourth-order valence-electron chi connectivity index (χ4n) is 4.73. The van der Waals surface area contributed by atoms with E-state index >= 15 is 0 Å². The van der Waals surface area contributed by atoms with Crippen LogP contribution in [0.25, 0.3) is 10.8 Å². The van der Waals surface area contributed by atoms with E-state index in [1.807, 2.05) is 18.2 Å².